The zero-order chi connectivity index (χ0) is 13.5. The second-order valence-electron chi connectivity index (χ2n) is 4.97. The summed E-state index contributed by atoms with van der Waals surface area (Å²) in [5, 5.41) is 0. The number of hydrogen-bond donors (Lipinski definition) is 1. The standard InChI is InChI=1S/C16H16FNO/c1-19-12-6-7-14(15(17)10-12)16(18)9-8-11-4-2-3-5-13(11)16/h2-7,10H,8-9,18H2,1H3. The first kappa shape index (κ1) is 12.2. The van der Waals surface area contributed by atoms with E-state index in [9.17, 15) is 4.39 Å². The number of fused-ring (bicyclic) bond motifs is 1. The van der Waals surface area contributed by atoms with Crippen molar-refractivity contribution in [2.75, 3.05) is 7.11 Å². The van der Waals surface area contributed by atoms with Gasteiger partial charge in [-0.3, -0.25) is 0 Å². The average molecular weight is 257 g/mol. The molecule has 2 aromatic rings. The molecule has 0 heterocycles. The highest BCUT2D eigenvalue weighted by atomic mass is 19.1. The number of methoxy groups -OCH3 is 1. The Hall–Kier alpha value is -1.87. The largest absolute Gasteiger partial charge is 0.497 e. The lowest BCUT2D eigenvalue weighted by atomic mass is 9.85. The lowest BCUT2D eigenvalue weighted by Crippen LogP contribution is -2.36. The third-order valence-electron chi connectivity index (χ3n) is 3.94. The van der Waals surface area contributed by atoms with Gasteiger partial charge in [-0.15, -0.1) is 0 Å². The monoisotopic (exact) mass is 257 g/mol. The highest BCUT2D eigenvalue weighted by Gasteiger charge is 2.38. The molecule has 3 heteroatoms. The number of aryl methyl sites for hydroxylation is 1. The van der Waals surface area contributed by atoms with Crippen LogP contribution in [0.2, 0.25) is 0 Å². The molecule has 0 amide bonds. The fourth-order valence-electron chi connectivity index (χ4n) is 2.90. The van der Waals surface area contributed by atoms with Gasteiger partial charge in [0.05, 0.1) is 12.6 Å². The Labute approximate surface area is 112 Å². The quantitative estimate of drug-likeness (QED) is 0.897. The summed E-state index contributed by atoms with van der Waals surface area (Å²) in [7, 11) is 1.53. The third kappa shape index (κ3) is 1.81. The topological polar surface area (TPSA) is 35.2 Å². The van der Waals surface area contributed by atoms with Crippen LogP contribution < -0.4 is 10.5 Å². The second kappa shape index (κ2) is 4.35. The van der Waals surface area contributed by atoms with Crippen molar-refractivity contribution in [3.8, 4) is 5.75 Å². The van der Waals surface area contributed by atoms with Gasteiger partial charge >= 0.3 is 0 Å². The van der Waals surface area contributed by atoms with Crippen LogP contribution in [0, 0.1) is 5.82 Å². The van der Waals surface area contributed by atoms with Crippen LogP contribution in [0.1, 0.15) is 23.1 Å². The second-order valence-corrected chi connectivity index (χ2v) is 4.97. The van der Waals surface area contributed by atoms with Gasteiger partial charge in [0, 0.05) is 11.6 Å². The van der Waals surface area contributed by atoms with E-state index in [2.05, 4.69) is 6.07 Å². The van der Waals surface area contributed by atoms with Gasteiger partial charge in [-0.05, 0) is 30.0 Å². The predicted molar refractivity (Wildman–Crippen MR) is 72.7 cm³/mol. The van der Waals surface area contributed by atoms with Crippen LogP contribution in [0.3, 0.4) is 0 Å². The number of nitrogens with two attached hydrogens (primary N) is 1. The summed E-state index contributed by atoms with van der Waals surface area (Å²) in [5.74, 6) is 0.203. The molecule has 0 bridgehead atoms. The molecule has 1 aliphatic rings. The van der Waals surface area contributed by atoms with Gasteiger partial charge in [0.15, 0.2) is 0 Å². The maximum absolute atomic E-state index is 14.3. The highest BCUT2D eigenvalue weighted by Crippen LogP contribution is 2.41. The lowest BCUT2D eigenvalue weighted by molar-refractivity contribution is 0.408. The minimum absolute atomic E-state index is 0.307. The average Bonchev–Trinajstić information content (AvgIpc) is 2.78. The molecule has 0 fully saturated rings. The molecule has 0 radical (unpaired) electrons. The first-order chi connectivity index (χ1) is 9.15. The maximum Gasteiger partial charge on any atom is 0.132 e. The molecule has 19 heavy (non-hydrogen) atoms. The van der Waals surface area contributed by atoms with Crippen molar-refractivity contribution in [2.24, 2.45) is 5.73 Å². The fourth-order valence-corrected chi connectivity index (χ4v) is 2.90. The Morgan fingerprint density at radius 1 is 1.16 bits per heavy atom. The van der Waals surface area contributed by atoms with Crippen LogP contribution in [0.25, 0.3) is 0 Å². The van der Waals surface area contributed by atoms with Crippen molar-refractivity contribution in [1.82, 2.24) is 0 Å². The molecule has 3 rings (SSSR count). The van der Waals surface area contributed by atoms with Gasteiger partial charge in [0.1, 0.15) is 11.6 Å². The van der Waals surface area contributed by atoms with Gasteiger partial charge in [-0.2, -0.15) is 0 Å². The van der Waals surface area contributed by atoms with Gasteiger partial charge < -0.3 is 10.5 Å². The Morgan fingerprint density at radius 2 is 1.95 bits per heavy atom. The fraction of sp³-hybridized carbons (Fsp3) is 0.250. The molecule has 2 aromatic carbocycles. The molecule has 2 N–H and O–H groups in total. The van der Waals surface area contributed by atoms with Crippen LogP contribution in [0.4, 0.5) is 4.39 Å². The van der Waals surface area contributed by atoms with E-state index < -0.39 is 5.54 Å². The molecule has 0 saturated carbocycles. The van der Waals surface area contributed by atoms with Crippen molar-refractivity contribution in [3.05, 3.63) is 65.0 Å². The van der Waals surface area contributed by atoms with Gasteiger partial charge in [-0.1, -0.05) is 30.3 Å². The molecule has 2 nitrogen and oxygen atoms in total. The molecule has 1 aliphatic carbocycles. The van der Waals surface area contributed by atoms with E-state index in [1.807, 2.05) is 18.2 Å². The number of halogens is 1. The molecule has 0 aliphatic heterocycles. The highest BCUT2D eigenvalue weighted by molar-refractivity contribution is 5.48. The molecule has 0 spiro atoms. The van der Waals surface area contributed by atoms with E-state index in [0.717, 1.165) is 18.4 Å². The van der Waals surface area contributed by atoms with Crippen molar-refractivity contribution in [3.63, 3.8) is 0 Å². The summed E-state index contributed by atoms with van der Waals surface area (Å²) in [4.78, 5) is 0. The summed E-state index contributed by atoms with van der Waals surface area (Å²) in [6, 6.07) is 12.9. The van der Waals surface area contributed by atoms with E-state index >= 15 is 0 Å². The van der Waals surface area contributed by atoms with Gasteiger partial charge in [0.2, 0.25) is 0 Å². The number of benzene rings is 2. The van der Waals surface area contributed by atoms with Crippen LogP contribution in [-0.4, -0.2) is 7.11 Å². The van der Waals surface area contributed by atoms with E-state index in [0.29, 0.717) is 11.3 Å². The van der Waals surface area contributed by atoms with Crippen LogP contribution in [0.15, 0.2) is 42.5 Å². The van der Waals surface area contributed by atoms with Crippen LogP contribution >= 0.6 is 0 Å². The van der Waals surface area contributed by atoms with Crippen molar-refractivity contribution < 1.29 is 9.13 Å². The van der Waals surface area contributed by atoms with Crippen molar-refractivity contribution in [2.45, 2.75) is 18.4 Å². The molecule has 1 atom stereocenters. The molecule has 0 aromatic heterocycles. The van der Waals surface area contributed by atoms with Gasteiger partial charge in [0.25, 0.3) is 0 Å². The van der Waals surface area contributed by atoms with E-state index in [4.69, 9.17) is 10.5 Å². The number of hydrogen-bond acceptors (Lipinski definition) is 2. The number of rotatable bonds is 2. The summed E-state index contributed by atoms with van der Waals surface area (Å²) < 4.78 is 19.3. The Morgan fingerprint density at radius 3 is 2.68 bits per heavy atom. The Kier molecular flexibility index (Phi) is 2.79. The number of ether oxygens (including phenoxy) is 1. The first-order valence-corrected chi connectivity index (χ1v) is 6.36. The maximum atomic E-state index is 14.3. The molecular formula is C16H16FNO. The molecule has 1 unspecified atom stereocenters. The third-order valence-corrected chi connectivity index (χ3v) is 3.94. The summed E-state index contributed by atoms with van der Waals surface area (Å²) in [6.45, 7) is 0. The minimum atomic E-state index is -0.729. The summed E-state index contributed by atoms with van der Waals surface area (Å²) in [6.07, 6.45) is 1.62. The van der Waals surface area contributed by atoms with Crippen molar-refractivity contribution >= 4 is 0 Å². The van der Waals surface area contributed by atoms with Crippen LogP contribution in [-0.2, 0) is 12.0 Å². The van der Waals surface area contributed by atoms with Crippen molar-refractivity contribution in [1.29, 1.82) is 0 Å². The zero-order valence-corrected chi connectivity index (χ0v) is 10.8. The normalized spacial score (nSPS) is 21.2. The SMILES string of the molecule is COc1ccc(C2(N)CCc3ccccc32)c(F)c1. The molecule has 0 saturated heterocycles. The lowest BCUT2D eigenvalue weighted by Gasteiger charge is -2.26. The van der Waals surface area contributed by atoms with Crippen LogP contribution in [0.5, 0.6) is 5.75 Å². The zero-order valence-electron chi connectivity index (χ0n) is 10.8. The summed E-state index contributed by atoms with van der Waals surface area (Å²) >= 11 is 0. The van der Waals surface area contributed by atoms with Gasteiger partial charge in [-0.25, -0.2) is 4.39 Å². The molecule has 98 valence electrons. The summed E-state index contributed by atoms with van der Waals surface area (Å²) in [5.41, 5.74) is 8.55. The Balaban J connectivity index is 2.12. The predicted octanol–water partition coefficient (Wildman–Crippen LogP) is 2.98. The van der Waals surface area contributed by atoms with E-state index in [1.54, 1.807) is 12.1 Å². The van der Waals surface area contributed by atoms with E-state index in [-0.39, 0.29) is 5.82 Å². The smallest absolute Gasteiger partial charge is 0.132 e. The molecular weight excluding hydrogens is 241 g/mol. The minimum Gasteiger partial charge on any atom is -0.497 e. The van der Waals surface area contributed by atoms with E-state index in [1.165, 1.54) is 18.7 Å². The first-order valence-electron chi connectivity index (χ1n) is 6.36. The Bertz CT molecular complexity index is 626.